The number of nitrogens with two attached hydrogens (primary N) is 1. The first kappa shape index (κ1) is 16.0. The van der Waals surface area contributed by atoms with Gasteiger partial charge in [0.15, 0.2) is 0 Å². The van der Waals surface area contributed by atoms with Crippen molar-refractivity contribution in [1.29, 1.82) is 0 Å². The topological polar surface area (TPSA) is 85.1 Å². The summed E-state index contributed by atoms with van der Waals surface area (Å²) in [5.74, 6) is 5.49. The second-order valence-corrected chi connectivity index (χ2v) is 7.32. The molecule has 0 aliphatic heterocycles. The molecule has 0 amide bonds. The maximum Gasteiger partial charge on any atom is 0.242 e. The van der Waals surface area contributed by atoms with Gasteiger partial charge in [0.25, 0.3) is 0 Å². The van der Waals surface area contributed by atoms with Gasteiger partial charge in [0.05, 0.1) is 6.54 Å². The Morgan fingerprint density at radius 2 is 2.05 bits per heavy atom. The van der Waals surface area contributed by atoms with Crippen LogP contribution in [0.3, 0.4) is 0 Å². The first-order valence-corrected chi connectivity index (χ1v) is 8.61. The van der Waals surface area contributed by atoms with Crippen molar-refractivity contribution < 1.29 is 8.42 Å². The normalized spacial score (nSPS) is 17.8. The highest BCUT2D eigenvalue weighted by atomic mass is 32.2. The lowest BCUT2D eigenvalue weighted by Crippen LogP contribution is -2.47. The van der Waals surface area contributed by atoms with Crippen molar-refractivity contribution in [3.8, 4) is 11.8 Å². The maximum atomic E-state index is 12.5. The molecular weight excluding hydrogens is 286 g/mol. The fraction of sp³-hybridized carbons (Fsp3) is 0.533. The summed E-state index contributed by atoms with van der Waals surface area (Å²) in [5, 5.41) is 0. The molecule has 1 heterocycles. The Bertz CT molecular complexity index is 653. The van der Waals surface area contributed by atoms with E-state index in [9.17, 15) is 8.42 Å². The number of sulfonamides is 1. The van der Waals surface area contributed by atoms with Crippen LogP contribution in [0.2, 0.25) is 0 Å². The van der Waals surface area contributed by atoms with Crippen molar-refractivity contribution in [2.45, 2.75) is 49.5 Å². The summed E-state index contributed by atoms with van der Waals surface area (Å²) in [4.78, 5) is 4.11. The van der Waals surface area contributed by atoms with E-state index in [2.05, 4.69) is 21.5 Å². The Balaban J connectivity index is 2.23. The number of pyridine rings is 1. The van der Waals surface area contributed by atoms with Gasteiger partial charge in [-0.3, -0.25) is 4.98 Å². The minimum Gasteiger partial charge on any atom is -0.320 e. The fourth-order valence-electron chi connectivity index (χ4n) is 2.60. The quantitative estimate of drug-likeness (QED) is 0.827. The number of nitrogens with zero attached hydrogens (tertiary/aromatic N) is 1. The molecule has 3 N–H and O–H groups in total. The molecule has 2 rings (SSSR count). The van der Waals surface area contributed by atoms with Crippen LogP contribution in [0.25, 0.3) is 0 Å². The van der Waals surface area contributed by atoms with Crippen molar-refractivity contribution in [1.82, 2.24) is 9.71 Å². The average molecular weight is 307 g/mol. The molecule has 0 spiro atoms. The van der Waals surface area contributed by atoms with Gasteiger partial charge in [-0.05, 0) is 25.8 Å². The van der Waals surface area contributed by atoms with Crippen molar-refractivity contribution in [3.63, 3.8) is 0 Å². The van der Waals surface area contributed by atoms with Crippen molar-refractivity contribution in [2.75, 3.05) is 6.54 Å². The van der Waals surface area contributed by atoms with Crippen LogP contribution in [-0.2, 0) is 10.0 Å². The molecule has 0 bridgehead atoms. The maximum absolute atomic E-state index is 12.5. The van der Waals surface area contributed by atoms with Gasteiger partial charge in [0.2, 0.25) is 10.0 Å². The zero-order valence-corrected chi connectivity index (χ0v) is 13.0. The van der Waals surface area contributed by atoms with E-state index < -0.39 is 10.0 Å². The molecule has 114 valence electrons. The first-order chi connectivity index (χ1) is 9.95. The fourth-order valence-corrected chi connectivity index (χ4v) is 4.06. The summed E-state index contributed by atoms with van der Waals surface area (Å²) in [7, 11) is -3.58. The van der Waals surface area contributed by atoms with Crippen molar-refractivity contribution in [3.05, 3.63) is 24.0 Å². The van der Waals surface area contributed by atoms with E-state index >= 15 is 0 Å². The Morgan fingerprint density at radius 1 is 1.33 bits per heavy atom. The third-order valence-corrected chi connectivity index (χ3v) is 5.30. The Hall–Kier alpha value is -1.42. The van der Waals surface area contributed by atoms with Crippen molar-refractivity contribution in [2.24, 2.45) is 5.73 Å². The van der Waals surface area contributed by atoms with Gasteiger partial charge >= 0.3 is 0 Å². The van der Waals surface area contributed by atoms with Gasteiger partial charge in [-0.15, -0.1) is 0 Å². The standard InChI is InChI=1S/C15H21N3O2S/c1-15(7-3-2-4-8-15)18-21(19,20)14-10-13(6-5-9-16)11-17-12-14/h10-12,18H,2-4,7-9,16H2,1H3. The third-order valence-electron chi connectivity index (χ3n) is 3.70. The molecule has 1 aromatic heterocycles. The summed E-state index contributed by atoms with van der Waals surface area (Å²) in [6.07, 6.45) is 7.90. The van der Waals surface area contributed by atoms with Crippen LogP contribution < -0.4 is 10.5 Å². The second-order valence-electron chi connectivity index (χ2n) is 5.64. The van der Waals surface area contributed by atoms with Gasteiger partial charge < -0.3 is 5.73 Å². The smallest absolute Gasteiger partial charge is 0.242 e. The average Bonchev–Trinajstić information content (AvgIpc) is 2.45. The summed E-state index contributed by atoms with van der Waals surface area (Å²) < 4.78 is 27.8. The molecule has 0 saturated heterocycles. The Morgan fingerprint density at radius 3 is 2.71 bits per heavy atom. The molecule has 0 radical (unpaired) electrons. The molecule has 0 atom stereocenters. The van der Waals surface area contributed by atoms with Gasteiger partial charge in [0.1, 0.15) is 4.90 Å². The molecule has 1 saturated carbocycles. The lowest BCUT2D eigenvalue weighted by molar-refractivity contribution is 0.294. The zero-order valence-electron chi connectivity index (χ0n) is 12.2. The minimum atomic E-state index is -3.58. The van der Waals surface area contributed by atoms with E-state index in [0.29, 0.717) is 5.56 Å². The monoisotopic (exact) mass is 307 g/mol. The molecule has 0 unspecified atom stereocenters. The van der Waals surface area contributed by atoms with E-state index in [-0.39, 0.29) is 17.0 Å². The van der Waals surface area contributed by atoms with Crippen molar-refractivity contribution >= 4 is 10.0 Å². The molecule has 1 aliphatic carbocycles. The highest BCUT2D eigenvalue weighted by molar-refractivity contribution is 7.89. The van der Waals surface area contributed by atoms with Crippen LogP contribution in [0.1, 0.15) is 44.6 Å². The molecule has 5 nitrogen and oxygen atoms in total. The molecule has 6 heteroatoms. The highest BCUT2D eigenvalue weighted by Crippen LogP contribution is 2.29. The number of aromatic nitrogens is 1. The Kier molecular flexibility index (Phi) is 4.99. The molecular formula is C15H21N3O2S. The number of hydrogen-bond donors (Lipinski definition) is 2. The summed E-state index contributed by atoms with van der Waals surface area (Å²) in [6, 6.07) is 1.53. The molecule has 1 aromatic rings. The number of hydrogen-bond acceptors (Lipinski definition) is 4. The molecule has 1 fully saturated rings. The summed E-state index contributed by atoms with van der Waals surface area (Å²) in [6.45, 7) is 2.20. The van der Waals surface area contributed by atoms with Crippen LogP contribution in [0.5, 0.6) is 0 Å². The summed E-state index contributed by atoms with van der Waals surface area (Å²) in [5.41, 5.74) is 5.50. The van der Waals surface area contributed by atoms with Gasteiger partial charge in [0, 0.05) is 23.5 Å². The molecule has 21 heavy (non-hydrogen) atoms. The van der Waals surface area contributed by atoms with Gasteiger partial charge in [-0.2, -0.15) is 0 Å². The zero-order chi connectivity index (χ0) is 15.3. The number of rotatable bonds is 3. The second kappa shape index (κ2) is 6.56. The third kappa shape index (κ3) is 4.27. The largest absolute Gasteiger partial charge is 0.320 e. The van der Waals surface area contributed by atoms with Crippen LogP contribution in [0.4, 0.5) is 0 Å². The van der Waals surface area contributed by atoms with Gasteiger partial charge in [-0.1, -0.05) is 31.1 Å². The van der Waals surface area contributed by atoms with E-state index in [1.807, 2.05) is 6.92 Å². The van der Waals surface area contributed by atoms with E-state index in [1.54, 1.807) is 0 Å². The molecule has 0 aromatic carbocycles. The SMILES string of the molecule is CC1(NS(=O)(=O)c2cncc(C#CCN)c2)CCCCC1. The van der Waals surface area contributed by atoms with E-state index in [0.717, 1.165) is 25.7 Å². The van der Waals surface area contributed by atoms with Gasteiger partial charge in [-0.25, -0.2) is 13.1 Å². The van der Waals surface area contributed by atoms with E-state index in [1.165, 1.54) is 24.9 Å². The highest BCUT2D eigenvalue weighted by Gasteiger charge is 2.32. The van der Waals surface area contributed by atoms with Crippen LogP contribution >= 0.6 is 0 Å². The lowest BCUT2D eigenvalue weighted by atomic mass is 9.84. The first-order valence-electron chi connectivity index (χ1n) is 7.13. The Labute approximate surface area is 126 Å². The number of nitrogens with one attached hydrogen (secondary N) is 1. The predicted molar refractivity (Wildman–Crippen MR) is 82.0 cm³/mol. The predicted octanol–water partition coefficient (Wildman–Crippen LogP) is 1.39. The van der Waals surface area contributed by atoms with E-state index in [4.69, 9.17) is 5.73 Å². The lowest BCUT2D eigenvalue weighted by Gasteiger charge is -2.34. The minimum absolute atomic E-state index is 0.151. The van der Waals surface area contributed by atoms with Crippen LogP contribution in [0.15, 0.2) is 23.4 Å². The van der Waals surface area contributed by atoms with Crippen LogP contribution in [-0.4, -0.2) is 25.5 Å². The van der Waals surface area contributed by atoms with Crippen LogP contribution in [0, 0.1) is 11.8 Å². The molecule has 1 aliphatic rings. The summed E-state index contributed by atoms with van der Waals surface area (Å²) >= 11 is 0.